The molecule has 1 fully saturated rings. The van der Waals surface area contributed by atoms with Crippen LogP contribution in [0.3, 0.4) is 0 Å². The van der Waals surface area contributed by atoms with Gasteiger partial charge in [0.25, 0.3) is 0 Å². The van der Waals surface area contributed by atoms with Crippen LogP contribution in [0.4, 0.5) is 10.1 Å². The molecule has 0 spiro atoms. The van der Waals surface area contributed by atoms with Crippen molar-refractivity contribution in [1.29, 1.82) is 0 Å². The fourth-order valence-corrected chi connectivity index (χ4v) is 3.18. The third-order valence-electron chi connectivity index (χ3n) is 4.63. The van der Waals surface area contributed by atoms with Crippen LogP contribution in [0.15, 0.2) is 54.7 Å². The summed E-state index contributed by atoms with van der Waals surface area (Å²) in [5.74, 6) is -0.239. The first-order chi connectivity index (χ1) is 12.7. The first-order valence-electron chi connectivity index (χ1n) is 8.84. The van der Waals surface area contributed by atoms with E-state index in [9.17, 15) is 4.39 Å². The average Bonchev–Trinajstić information content (AvgIpc) is 3.33. The van der Waals surface area contributed by atoms with Gasteiger partial charge < -0.3 is 9.64 Å². The lowest BCUT2D eigenvalue weighted by Crippen LogP contribution is -2.23. The summed E-state index contributed by atoms with van der Waals surface area (Å²) in [6.07, 6.45) is 2.69. The Kier molecular flexibility index (Phi) is 4.67. The molecule has 1 aliphatic rings. The van der Waals surface area contributed by atoms with Gasteiger partial charge in [-0.15, -0.1) is 5.10 Å². The molecule has 0 N–H and O–H groups in total. The summed E-state index contributed by atoms with van der Waals surface area (Å²) in [5.41, 5.74) is 4.19. The minimum atomic E-state index is -0.239. The van der Waals surface area contributed by atoms with Gasteiger partial charge in [-0.2, -0.15) is 0 Å². The number of benzene rings is 2. The lowest BCUT2D eigenvalue weighted by atomic mass is 10.1. The number of aryl methyl sites for hydroxylation is 1. The zero-order valence-electron chi connectivity index (χ0n) is 14.7. The molecule has 1 aliphatic heterocycles. The molecule has 0 aliphatic carbocycles. The Morgan fingerprint density at radius 1 is 1.08 bits per heavy atom. The minimum Gasteiger partial charge on any atom is -0.350 e. The van der Waals surface area contributed by atoms with Gasteiger partial charge in [0.05, 0.1) is 19.3 Å². The van der Waals surface area contributed by atoms with Crippen LogP contribution in [-0.4, -0.2) is 28.1 Å². The maximum Gasteiger partial charge on any atom is 0.177 e. The maximum atomic E-state index is 13.0. The summed E-state index contributed by atoms with van der Waals surface area (Å²) >= 11 is 0. The second kappa shape index (κ2) is 7.25. The van der Waals surface area contributed by atoms with E-state index in [1.165, 1.54) is 17.7 Å². The standard InChI is InChI=1S/C20H21FN4O/c1-2-15-5-9-18(10-6-15)25-11-12-26-20(25)19-14-24(23-22-19)13-16-3-7-17(21)8-4-16/h3-10,14,20H,2,11-13H2,1H3/t20-/m1/s1. The number of anilines is 1. The highest BCUT2D eigenvalue weighted by molar-refractivity contribution is 5.49. The number of ether oxygens (including phenoxy) is 1. The minimum absolute atomic E-state index is 0.232. The SMILES string of the molecule is CCc1ccc(N2CCO[C@@H]2c2cn(Cc3ccc(F)cc3)nn2)cc1. The fourth-order valence-electron chi connectivity index (χ4n) is 3.18. The van der Waals surface area contributed by atoms with E-state index in [1.54, 1.807) is 16.8 Å². The molecule has 1 saturated heterocycles. The molecule has 2 heterocycles. The Morgan fingerprint density at radius 3 is 2.54 bits per heavy atom. The van der Waals surface area contributed by atoms with Gasteiger partial charge in [-0.3, -0.25) is 0 Å². The van der Waals surface area contributed by atoms with Gasteiger partial charge in [0.2, 0.25) is 0 Å². The maximum absolute atomic E-state index is 13.0. The van der Waals surface area contributed by atoms with Crippen LogP contribution in [0.5, 0.6) is 0 Å². The summed E-state index contributed by atoms with van der Waals surface area (Å²) in [4.78, 5) is 2.20. The highest BCUT2D eigenvalue weighted by atomic mass is 19.1. The first-order valence-corrected chi connectivity index (χ1v) is 8.84. The van der Waals surface area contributed by atoms with Crippen molar-refractivity contribution in [3.05, 3.63) is 77.4 Å². The molecule has 2 aromatic carbocycles. The van der Waals surface area contributed by atoms with Crippen LogP contribution < -0.4 is 4.90 Å². The molecule has 1 aromatic heterocycles. The summed E-state index contributed by atoms with van der Waals surface area (Å²) in [6.45, 7) is 4.17. The van der Waals surface area contributed by atoms with Crippen LogP contribution >= 0.6 is 0 Å². The van der Waals surface area contributed by atoms with E-state index in [-0.39, 0.29) is 12.0 Å². The number of hydrogen-bond acceptors (Lipinski definition) is 4. The molecular weight excluding hydrogens is 331 g/mol. The molecule has 0 amide bonds. The second-order valence-corrected chi connectivity index (χ2v) is 6.40. The first kappa shape index (κ1) is 16.7. The third kappa shape index (κ3) is 3.46. The molecule has 0 saturated carbocycles. The van der Waals surface area contributed by atoms with Gasteiger partial charge in [-0.25, -0.2) is 9.07 Å². The Balaban J connectivity index is 1.51. The second-order valence-electron chi connectivity index (χ2n) is 6.40. The third-order valence-corrected chi connectivity index (χ3v) is 4.63. The molecular formula is C20H21FN4O. The predicted octanol–water partition coefficient (Wildman–Crippen LogP) is 3.56. The van der Waals surface area contributed by atoms with Crippen molar-refractivity contribution in [1.82, 2.24) is 15.0 Å². The van der Waals surface area contributed by atoms with Crippen molar-refractivity contribution in [2.45, 2.75) is 26.1 Å². The van der Waals surface area contributed by atoms with Crippen LogP contribution in [0, 0.1) is 5.82 Å². The number of hydrogen-bond donors (Lipinski definition) is 0. The van der Waals surface area contributed by atoms with E-state index in [4.69, 9.17) is 4.74 Å². The van der Waals surface area contributed by atoms with Gasteiger partial charge in [0.1, 0.15) is 11.5 Å². The highest BCUT2D eigenvalue weighted by Crippen LogP contribution is 2.31. The molecule has 26 heavy (non-hydrogen) atoms. The van der Waals surface area contributed by atoms with Gasteiger partial charge in [0.15, 0.2) is 6.23 Å². The Bertz CT molecular complexity index is 860. The zero-order chi connectivity index (χ0) is 17.9. The van der Waals surface area contributed by atoms with E-state index >= 15 is 0 Å². The fraction of sp³-hybridized carbons (Fsp3) is 0.300. The van der Waals surface area contributed by atoms with Gasteiger partial charge in [-0.1, -0.05) is 36.4 Å². The molecule has 3 aromatic rings. The molecule has 0 bridgehead atoms. The summed E-state index contributed by atoms with van der Waals surface area (Å²) < 4.78 is 20.7. The number of rotatable bonds is 5. The summed E-state index contributed by atoms with van der Waals surface area (Å²) in [6, 6.07) is 15.0. The van der Waals surface area contributed by atoms with E-state index in [0.717, 1.165) is 29.9 Å². The lowest BCUT2D eigenvalue weighted by molar-refractivity contribution is 0.110. The van der Waals surface area contributed by atoms with E-state index in [1.807, 2.05) is 6.20 Å². The van der Waals surface area contributed by atoms with Gasteiger partial charge in [0, 0.05) is 12.2 Å². The summed E-state index contributed by atoms with van der Waals surface area (Å²) in [5, 5.41) is 8.49. The van der Waals surface area contributed by atoms with Crippen molar-refractivity contribution in [2.75, 3.05) is 18.1 Å². The predicted molar refractivity (Wildman–Crippen MR) is 97.4 cm³/mol. The molecule has 6 heteroatoms. The van der Waals surface area contributed by atoms with Crippen molar-refractivity contribution < 1.29 is 9.13 Å². The van der Waals surface area contributed by atoms with Crippen LogP contribution in [-0.2, 0) is 17.7 Å². The number of nitrogens with zero attached hydrogens (tertiary/aromatic N) is 4. The molecule has 4 rings (SSSR count). The zero-order valence-corrected chi connectivity index (χ0v) is 14.7. The Labute approximate surface area is 152 Å². The largest absolute Gasteiger partial charge is 0.350 e. The van der Waals surface area contributed by atoms with Gasteiger partial charge >= 0.3 is 0 Å². The summed E-state index contributed by atoms with van der Waals surface area (Å²) in [7, 11) is 0. The van der Waals surface area contributed by atoms with Gasteiger partial charge in [-0.05, 0) is 41.8 Å². The molecule has 0 unspecified atom stereocenters. The topological polar surface area (TPSA) is 43.2 Å². The molecule has 1 atom stereocenters. The molecule has 0 radical (unpaired) electrons. The van der Waals surface area contributed by atoms with Crippen molar-refractivity contribution in [3.63, 3.8) is 0 Å². The van der Waals surface area contributed by atoms with Crippen molar-refractivity contribution >= 4 is 5.69 Å². The quantitative estimate of drug-likeness (QED) is 0.704. The number of halogens is 1. The molecule has 5 nitrogen and oxygen atoms in total. The average molecular weight is 352 g/mol. The normalized spacial score (nSPS) is 17.0. The van der Waals surface area contributed by atoms with Crippen LogP contribution in [0.25, 0.3) is 0 Å². The van der Waals surface area contributed by atoms with Crippen molar-refractivity contribution in [2.24, 2.45) is 0 Å². The van der Waals surface area contributed by atoms with E-state index in [0.29, 0.717) is 13.2 Å². The van der Waals surface area contributed by atoms with Crippen LogP contribution in [0.2, 0.25) is 0 Å². The highest BCUT2D eigenvalue weighted by Gasteiger charge is 2.29. The van der Waals surface area contributed by atoms with Crippen LogP contribution in [0.1, 0.15) is 30.0 Å². The number of aromatic nitrogens is 3. The molecule has 134 valence electrons. The van der Waals surface area contributed by atoms with E-state index in [2.05, 4.69) is 46.4 Å². The monoisotopic (exact) mass is 352 g/mol. The lowest BCUT2D eigenvalue weighted by Gasteiger charge is -2.23. The smallest absolute Gasteiger partial charge is 0.177 e. The Hall–Kier alpha value is -2.73. The van der Waals surface area contributed by atoms with E-state index < -0.39 is 0 Å². The Morgan fingerprint density at radius 2 is 1.81 bits per heavy atom. The van der Waals surface area contributed by atoms with Crippen molar-refractivity contribution in [3.8, 4) is 0 Å².